The van der Waals surface area contributed by atoms with E-state index in [9.17, 15) is 14.7 Å². The molecule has 0 unspecified atom stereocenters. The van der Waals surface area contributed by atoms with Crippen molar-refractivity contribution in [3.05, 3.63) is 11.6 Å². The van der Waals surface area contributed by atoms with Crippen molar-refractivity contribution in [3.63, 3.8) is 0 Å². The normalized spacial score (nSPS) is 13.6. The van der Waals surface area contributed by atoms with Crippen molar-refractivity contribution in [2.45, 2.75) is 52.7 Å². The Balaban J connectivity index is 4.59. The fraction of sp³-hybridized carbons (Fsp3) is 0.714. The zero-order chi connectivity index (χ0) is 15.0. The quantitative estimate of drug-likeness (QED) is 0.542. The predicted molar refractivity (Wildman–Crippen MR) is 73.5 cm³/mol. The number of hydrogen-bond donors (Lipinski definition) is 2. The Morgan fingerprint density at radius 2 is 1.89 bits per heavy atom. The molecule has 0 bridgehead atoms. The molecule has 0 spiro atoms. The first-order valence-electron chi connectivity index (χ1n) is 6.47. The van der Waals surface area contributed by atoms with E-state index in [-0.39, 0.29) is 5.92 Å². The number of rotatable bonds is 7. The highest BCUT2D eigenvalue weighted by molar-refractivity contribution is 5.86. The Kier molecular flexibility index (Phi) is 8.07. The number of hydrogen-bond acceptors (Lipinski definition) is 4. The second-order valence-corrected chi connectivity index (χ2v) is 5.25. The van der Waals surface area contributed by atoms with Crippen molar-refractivity contribution >= 4 is 11.9 Å². The van der Waals surface area contributed by atoms with Gasteiger partial charge in [-0.25, -0.2) is 4.79 Å². The van der Waals surface area contributed by atoms with Gasteiger partial charge in [0.1, 0.15) is 12.1 Å². The summed E-state index contributed by atoms with van der Waals surface area (Å²) in [7, 11) is 1.27. The number of aliphatic hydroxyl groups is 1. The molecule has 110 valence electrons. The zero-order valence-corrected chi connectivity index (χ0v) is 12.4. The van der Waals surface area contributed by atoms with Crippen LogP contribution in [0, 0.1) is 5.92 Å². The van der Waals surface area contributed by atoms with Crippen LogP contribution in [0.1, 0.15) is 40.5 Å². The van der Waals surface area contributed by atoms with Crippen LogP contribution >= 0.6 is 0 Å². The summed E-state index contributed by atoms with van der Waals surface area (Å²) in [6, 6.07) is -0.755. The maximum atomic E-state index is 11.8. The first kappa shape index (κ1) is 17.6. The largest absolute Gasteiger partial charge is 0.467 e. The maximum Gasteiger partial charge on any atom is 0.328 e. The van der Waals surface area contributed by atoms with Crippen molar-refractivity contribution in [2.24, 2.45) is 5.92 Å². The number of esters is 1. The summed E-state index contributed by atoms with van der Waals surface area (Å²) in [6.07, 6.45) is 1.47. The van der Waals surface area contributed by atoms with Crippen LogP contribution in [-0.2, 0) is 14.3 Å². The minimum Gasteiger partial charge on any atom is -0.467 e. The number of carbonyl (C=O) groups is 2. The lowest BCUT2D eigenvalue weighted by molar-refractivity contribution is -0.146. The third-order valence-electron chi connectivity index (χ3n) is 2.56. The van der Waals surface area contributed by atoms with Gasteiger partial charge in [0.25, 0.3) is 0 Å². The topological polar surface area (TPSA) is 75.6 Å². The first-order chi connectivity index (χ1) is 8.77. The van der Waals surface area contributed by atoms with Gasteiger partial charge >= 0.3 is 5.97 Å². The smallest absolute Gasteiger partial charge is 0.328 e. The van der Waals surface area contributed by atoms with E-state index in [1.165, 1.54) is 7.11 Å². The van der Waals surface area contributed by atoms with Crippen LogP contribution in [0.4, 0.5) is 0 Å². The third-order valence-corrected chi connectivity index (χ3v) is 2.56. The minimum absolute atomic E-state index is 0.204. The van der Waals surface area contributed by atoms with E-state index >= 15 is 0 Å². The second-order valence-electron chi connectivity index (χ2n) is 5.25. The van der Waals surface area contributed by atoms with E-state index in [1.54, 1.807) is 0 Å². The molecule has 0 heterocycles. The fourth-order valence-corrected chi connectivity index (χ4v) is 1.53. The van der Waals surface area contributed by atoms with Gasteiger partial charge in [0.2, 0.25) is 5.91 Å². The van der Waals surface area contributed by atoms with Gasteiger partial charge in [0.05, 0.1) is 7.11 Å². The predicted octanol–water partition coefficient (Wildman–Crippen LogP) is 1.41. The summed E-state index contributed by atoms with van der Waals surface area (Å²) in [5.74, 6) is -0.844. The van der Waals surface area contributed by atoms with Crippen molar-refractivity contribution in [3.8, 4) is 0 Å². The molecule has 0 aromatic rings. The molecule has 5 heteroatoms. The molecule has 1 amide bonds. The van der Waals surface area contributed by atoms with Crippen LogP contribution in [0.5, 0.6) is 0 Å². The van der Waals surface area contributed by atoms with Gasteiger partial charge in [-0.3, -0.25) is 4.79 Å². The van der Waals surface area contributed by atoms with Gasteiger partial charge in [-0.1, -0.05) is 25.5 Å². The molecule has 0 saturated heterocycles. The van der Waals surface area contributed by atoms with E-state index in [2.05, 4.69) is 10.1 Å². The Morgan fingerprint density at radius 1 is 1.32 bits per heavy atom. The molecular weight excluding hydrogens is 246 g/mol. The third kappa shape index (κ3) is 7.62. The number of allylic oxidation sites excluding steroid dienone is 1. The van der Waals surface area contributed by atoms with Crippen molar-refractivity contribution in [1.29, 1.82) is 0 Å². The Bertz CT molecular complexity index is 332. The number of methoxy groups -OCH3 is 1. The van der Waals surface area contributed by atoms with Gasteiger partial charge in [-0.15, -0.1) is 0 Å². The Labute approximate surface area is 115 Å². The lowest BCUT2D eigenvalue weighted by Gasteiger charge is -2.18. The number of aliphatic hydroxyl groups excluding tert-OH is 1. The molecular formula is C14H25NO4. The summed E-state index contributed by atoms with van der Waals surface area (Å²) < 4.78 is 4.64. The van der Waals surface area contributed by atoms with E-state index < -0.39 is 24.0 Å². The van der Waals surface area contributed by atoms with Gasteiger partial charge in [0, 0.05) is 0 Å². The molecule has 0 saturated carbocycles. The summed E-state index contributed by atoms with van der Waals surface area (Å²) >= 11 is 0. The van der Waals surface area contributed by atoms with Crippen molar-refractivity contribution in [1.82, 2.24) is 5.32 Å². The van der Waals surface area contributed by atoms with Gasteiger partial charge < -0.3 is 15.2 Å². The minimum atomic E-state index is -1.10. The summed E-state index contributed by atoms with van der Waals surface area (Å²) in [4.78, 5) is 23.3. The maximum absolute atomic E-state index is 11.8. The fourth-order valence-electron chi connectivity index (χ4n) is 1.53. The lowest BCUT2D eigenvalue weighted by Crippen LogP contribution is -2.46. The van der Waals surface area contributed by atoms with Crippen LogP contribution in [0.2, 0.25) is 0 Å². The van der Waals surface area contributed by atoms with Crippen LogP contribution < -0.4 is 5.32 Å². The van der Waals surface area contributed by atoms with Gasteiger partial charge in [0.15, 0.2) is 0 Å². The molecule has 0 aliphatic rings. The van der Waals surface area contributed by atoms with Crippen molar-refractivity contribution < 1.29 is 19.4 Å². The van der Waals surface area contributed by atoms with E-state index in [1.807, 2.05) is 33.8 Å². The molecule has 19 heavy (non-hydrogen) atoms. The average Bonchev–Trinajstić information content (AvgIpc) is 2.31. The lowest BCUT2D eigenvalue weighted by atomic mass is 10.0. The van der Waals surface area contributed by atoms with E-state index in [4.69, 9.17) is 0 Å². The van der Waals surface area contributed by atoms with E-state index in [0.29, 0.717) is 12.8 Å². The molecule has 2 atom stereocenters. The van der Waals surface area contributed by atoms with Gasteiger partial charge in [-0.2, -0.15) is 0 Å². The number of nitrogens with one attached hydrogen (secondary N) is 1. The molecule has 0 radical (unpaired) electrons. The Morgan fingerprint density at radius 3 is 2.32 bits per heavy atom. The second kappa shape index (κ2) is 8.69. The Hall–Kier alpha value is -1.36. The molecule has 0 aromatic heterocycles. The average molecular weight is 271 g/mol. The van der Waals surface area contributed by atoms with Crippen LogP contribution in [-0.4, -0.2) is 36.2 Å². The van der Waals surface area contributed by atoms with Crippen LogP contribution in [0.15, 0.2) is 11.6 Å². The highest BCUT2D eigenvalue weighted by Crippen LogP contribution is 2.06. The van der Waals surface area contributed by atoms with E-state index in [0.717, 1.165) is 5.57 Å². The highest BCUT2D eigenvalue weighted by Gasteiger charge is 2.24. The molecule has 0 aliphatic heterocycles. The number of carbonyl (C=O) groups excluding carboxylic acids is 2. The van der Waals surface area contributed by atoms with Crippen LogP contribution in [0.25, 0.3) is 0 Å². The molecule has 0 aromatic carbocycles. The monoisotopic (exact) mass is 271 g/mol. The highest BCUT2D eigenvalue weighted by atomic mass is 16.5. The standard InChI is InChI=1S/C14H25NO4/c1-9(2)6-7-11(14(18)19-5)15-13(17)12(16)8-10(3)4/h6,10-12,16H,7-8H2,1-5H3,(H,15,17)/t11-,12+/m1/s1. The number of amides is 1. The van der Waals surface area contributed by atoms with Crippen LogP contribution in [0.3, 0.4) is 0 Å². The first-order valence-corrected chi connectivity index (χ1v) is 6.47. The number of ether oxygens (including phenoxy) is 1. The molecule has 0 rings (SSSR count). The SMILES string of the molecule is COC(=O)[C@@H](CC=C(C)C)NC(=O)[C@@H](O)CC(C)C. The molecule has 5 nitrogen and oxygen atoms in total. The summed E-state index contributed by atoms with van der Waals surface area (Å²) in [5, 5.41) is 12.2. The summed E-state index contributed by atoms with van der Waals surface area (Å²) in [6.45, 7) is 7.64. The molecule has 0 aliphatic carbocycles. The van der Waals surface area contributed by atoms with Gasteiger partial charge in [-0.05, 0) is 32.6 Å². The summed E-state index contributed by atoms with van der Waals surface area (Å²) in [5.41, 5.74) is 1.05. The van der Waals surface area contributed by atoms with Crippen molar-refractivity contribution in [2.75, 3.05) is 7.11 Å². The zero-order valence-electron chi connectivity index (χ0n) is 12.4. The molecule has 0 fully saturated rings. The molecule has 2 N–H and O–H groups in total.